The molecule has 4 rings (SSSR count). The van der Waals surface area contributed by atoms with Gasteiger partial charge >= 0.3 is 5.97 Å². The zero-order valence-electron chi connectivity index (χ0n) is 19.7. The van der Waals surface area contributed by atoms with Crippen LogP contribution in [0.2, 0.25) is 10.0 Å². The number of ether oxygens (including phenoxy) is 2. The van der Waals surface area contributed by atoms with Gasteiger partial charge in [-0.25, -0.2) is 4.79 Å². The van der Waals surface area contributed by atoms with E-state index in [0.29, 0.717) is 5.56 Å². The van der Waals surface area contributed by atoms with Gasteiger partial charge in [-0.2, -0.15) is 0 Å². The van der Waals surface area contributed by atoms with E-state index < -0.39 is 29.5 Å². The summed E-state index contributed by atoms with van der Waals surface area (Å²) in [7, 11) is 1.34. The van der Waals surface area contributed by atoms with E-state index in [1.165, 1.54) is 60.5 Å². The first-order valence-electron chi connectivity index (χ1n) is 11.1. The fourth-order valence-corrected chi connectivity index (χ4v) is 4.74. The number of methoxy groups -OCH3 is 1. The number of hydrogen-bond donors (Lipinski definition) is 2. The Morgan fingerprint density at radius 1 is 1.05 bits per heavy atom. The van der Waals surface area contributed by atoms with Gasteiger partial charge in [0, 0.05) is 10.7 Å². The number of carbonyl (C=O) groups excluding carboxylic acids is 3. The number of aliphatic hydroxyl groups excluding tert-OH is 1. The number of phenolic OH excluding ortho intramolecular Hbond substituents is 1. The minimum Gasteiger partial charge on any atom is -0.508 e. The molecule has 1 aliphatic rings. The summed E-state index contributed by atoms with van der Waals surface area (Å²) in [6.45, 7) is 1.88. The molecule has 0 aliphatic carbocycles. The van der Waals surface area contributed by atoms with Crippen LogP contribution in [0, 0.1) is 0 Å². The predicted molar refractivity (Wildman–Crippen MR) is 138 cm³/mol. The van der Waals surface area contributed by atoms with Crippen molar-refractivity contribution < 1.29 is 34.1 Å². The summed E-state index contributed by atoms with van der Waals surface area (Å²) >= 11 is 12.4. The van der Waals surface area contributed by atoms with E-state index in [2.05, 4.69) is 0 Å². The van der Waals surface area contributed by atoms with Crippen molar-refractivity contribution in [3.8, 4) is 11.5 Å². The summed E-state index contributed by atoms with van der Waals surface area (Å²) in [6, 6.07) is 13.5. The molecule has 1 unspecified atom stereocenters. The lowest BCUT2D eigenvalue weighted by Gasteiger charge is -2.26. The van der Waals surface area contributed by atoms with Gasteiger partial charge in [0.25, 0.3) is 11.7 Å². The fourth-order valence-electron chi connectivity index (χ4n) is 4.17. The molecule has 0 bridgehead atoms. The molecule has 1 amide bonds. The Kier molecular flexibility index (Phi) is 7.42. The highest BCUT2D eigenvalue weighted by Gasteiger charge is 2.47. The molecule has 0 spiro atoms. The molecule has 0 saturated carbocycles. The number of phenols is 1. The lowest BCUT2D eigenvalue weighted by Crippen LogP contribution is -2.29. The van der Waals surface area contributed by atoms with Crippen molar-refractivity contribution in [2.24, 2.45) is 0 Å². The third kappa shape index (κ3) is 4.85. The van der Waals surface area contributed by atoms with Gasteiger partial charge in [-0.05, 0) is 61.0 Å². The number of nitrogens with zero attached hydrogens (tertiary/aromatic N) is 1. The number of amides is 1. The molecule has 1 aliphatic heterocycles. The molecule has 3 aromatic carbocycles. The summed E-state index contributed by atoms with van der Waals surface area (Å²) in [5.74, 6) is -3.04. The fraction of sp³-hybridized carbons (Fsp3) is 0.148. The van der Waals surface area contributed by atoms with Gasteiger partial charge in [-0.1, -0.05) is 35.3 Å². The monoisotopic (exact) mass is 541 g/mol. The lowest BCUT2D eigenvalue weighted by atomic mass is 9.94. The van der Waals surface area contributed by atoms with Crippen LogP contribution < -0.4 is 9.64 Å². The Hall–Kier alpha value is -4.01. The van der Waals surface area contributed by atoms with Gasteiger partial charge in [0.2, 0.25) is 0 Å². The van der Waals surface area contributed by atoms with Gasteiger partial charge in [-0.3, -0.25) is 14.5 Å². The Bertz CT molecular complexity index is 1430. The quantitative estimate of drug-likeness (QED) is 0.183. The van der Waals surface area contributed by atoms with Gasteiger partial charge < -0.3 is 19.7 Å². The summed E-state index contributed by atoms with van der Waals surface area (Å²) in [5, 5.41) is 21.8. The van der Waals surface area contributed by atoms with E-state index in [0.717, 1.165) is 0 Å². The van der Waals surface area contributed by atoms with Crippen LogP contribution in [-0.2, 0) is 14.3 Å². The van der Waals surface area contributed by atoms with E-state index >= 15 is 0 Å². The topological polar surface area (TPSA) is 113 Å². The molecule has 0 radical (unpaired) electrons. The molecular weight excluding hydrogens is 521 g/mol. The molecule has 2 N–H and O–H groups in total. The highest BCUT2D eigenvalue weighted by Crippen LogP contribution is 2.45. The van der Waals surface area contributed by atoms with Gasteiger partial charge in [0.1, 0.15) is 17.3 Å². The van der Waals surface area contributed by atoms with Gasteiger partial charge in [0.15, 0.2) is 0 Å². The first-order chi connectivity index (χ1) is 17.7. The van der Waals surface area contributed by atoms with Crippen molar-refractivity contribution in [3.63, 3.8) is 0 Å². The largest absolute Gasteiger partial charge is 0.508 e. The molecule has 1 atom stereocenters. The molecule has 3 aromatic rings. The van der Waals surface area contributed by atoms with Crippen LogP contribution in [0.4, 0.5) is 5.69 Å². The Labute approximate surface area is 222 Å². The zero-order chi connectivity index (χ0) is 26.9. The van der Waals surface area contributed by atoms with Crippen LogP contribution in [0.5, 0.6) is 11.5 Å². The van der Waals surface area contributed by atoms with E-state index in [1.807, 2.05) is 0 Å². The number of hydrogen-bond acceptors (Lipinski definition) is 7. The van der Waals surface area contributed by atoms with Crippen molar-refractivity contribution in [2.45, 2.75) is 13.0 Å². The van der Waals surface area contributed by atoms with Crippen LogP contribution in [0.15, 0.2) is 66.2 Å². The maximum atomic E-state index is 13.3. The average molecular weight is 542 g/mol. The van der Waals surface area contributed by atoms with E-state index in [4.69, 9.17) is 32.7 Å². The number of rotatable bonds is 6. The van der Waals surface area contributed by atoms with Crippen LogP contribution in [0.25, 0.3) is 5.76 Å². The predicted octanol–water partition coefficient (Wildman–Crippen LogP) is 5.51. The SMILES string of the molecule is CCOC(=O)c1ccc(N2C(=O)C(=O)/C(=C(/O)c3cc(Cl)cc(Cl)c3OC)C2c2cccc(O)c2)cc1. The summed E-state index contributed by atoms with van der Waals surface area (Å²) in [6.07, 6.45) is 0. The molecule has 190 valence electrons. The summed E-state index contributed by atoms with van der Waals surface area (Å²) < 4.78 is 10.3. The molecule has 0 aromatic heterocycles. The molecule has 37 heavy (non-hydrogen) atoms. The van der Waals surface area contributed by atoms with Crippen LogP contribution in [0.3, 0.4) is 0 Å². The number of ketones is 1. The molecule has 1 heterocycles. The standard InChI is InChI=1S/C27H21Cl2NO7/c1-3-37-27(35)14-7-9-17(10-8-14)30-22(15-5-4-6-18(31)11-15)21(24(33)26(30)34)23(32)19-12-16(28)13-20(29)25(19)36-2/h4-13,22,31-32H,3H2,1-2H3/b23-21+. The van der Waals surface area contributed by atoms with Crippen molar-refractivity contribution in [3.05, 3.63) is 93.0 Å². The van der Waals surface area contributed by atoms with Gasteiger partial charge in [0.05, 0.1) is 41.5 Å². The number of aromatic hydroxyl groups is 1. The zero-order valence-corrected chi connectivity index (χ0v) is 21.2. The maximum Gasteiger partial charge on any atom is 0.338 e. The number of halogens is 2. The molecule has 8 nitrogen and oxygen atoms in total. The highest BCUT2D eigenvalue weighted by molar-refractivity contribution is 6.52. The molecule has 1 fully saturated rings. The average Bonchev–Trinajstić information content (AvgIpc) is 3.13. The number of anilines is 1. The van der Waals surface area contributed by atoms with E-state index in [1.54, 1.807) is 19.1 Å². The lowest BCUT2D eigenvalue weighted by molar-refractivity contribution is -0.132. The Morgan fingerprint density at radius 2 is 1.76 bits per heavy atom. The maximum absolute atomic E-state index is 13.3. The van der Waals surface area contributed by atoms with Crippen LogP contribution in [0.1, 0.15) is 34.5 Å². The third-order valence-electron chi connectivity index (χ3n) is 5.75. The summed E-state index contributed by atoms with van der Waals surface area (Å²) in [5.41, 5.74) is 0.637. The minimum absolute atomic E-state index is 0.0146. The number of Topliss-reactive ketones (excluding diaryl/α,β-unsaturated/α-hetero) is 1. The van der Waals surface area contributed by atoms with Gasteiger partial charge in [-0.15, -0.1) is 0 Å². The van der Waals surface area contributed by atoms with Crippen molar-refractivity contribution in [2.75, 3.05) is 18.6 Å². The van der Waals surface area contributed by atoms with Crippen molar-refractivity contribution >= 4 is 52.3 Å². The van der Waals surface area contributed by atoms with E-state index in [9.17, 15) is 24.6 Å². The molecule has 1 saturated heterocycles. The van der Waals surface area contributed by atoms with Crippen LogP contribution in [-0.4, -0.2) is 41.6 Å². The number of benzene rings is 3. The minimum atomic E-state index is -1.14. The number of carbonyl (C=O) groups is 3. The van der Waals surface area contributed by atoms with Crippen molar-refractivity contribution in [1.82, 2.24) is 0 Å². The first-order valence-corrected chi connectivity index (χ1v) is 11.8. The second-order valence-corrected chi connectivity index (χ2v) is 8.84. The third-order valence-corrected chi connectivity index (χ3v) is 6.25. The smallest absolute Gasteiger partial charge is 0.338 e. The molecular formula is C27H21Cl2NO7. The number of esters is 1. The Balaban J connectivity index is 1.93. The summed E-state index contributed by atoms with van der Waals surface area (Å²) in [4.78, 5) is 39.9. The normalized spacial score (nSPS) is 16.6. The van der Waals surface area contributed by atoms with Crippen LogP contribution >= 0.6 is 23.2 Å². The second-order valence-electron chi connectivity index (χ2n) is 8.00. The number of aliphatic hydroxyl groups is 1. The Morgan fingerprint density at radius 3 is 2.38 bits per heavy atom. The second kappa shape index (κ2) is 10.5. The highest BCUT2D eigenvalue weighted by atomic mass is 35.5. The molecule has 10 heteroatoms. The van der Waals surface area contributed by atoms with E-state index in [-0.39, 0.29) is 50.5 Å². The van der Waals surface area contributed by atoms with Crippen molar-refractivity contribution in [1.29, 1.82) is 0 Å². The first kappa shape index (κ1) is 26.1.